The van der Waals surface area contributed by atoms with E-state index in [1.807, 2.05) is 0 Å². The van der Waals surface area contributed by atoms with E-state index in [4.69, 9.17) is 16.4 Å². The van der Waals surface area contributed by atoms with Gasteiger partial charge < -0.3 is 15.5 Å². The summed E-state index contributed by atoms with van der Waals surface area (Å²) in [4.78, 5) is 37.7. The molecule has 0 saturated heterocycles. The zero-order chi connectivity index (χ0) is 28.4. The maximum atomic E-state index is 13.0. The van der Waals surface area contributed by atoms with Crippen LogP contribution in [-0.2, 0) is 11.0 Å². The average molecular weight is 582 g/mol. The molecule has 2 aromatic carbocycles. The fourth-order valence-electron chi connectivity index (χ4n) is 3.34. The van der Waals surface area contributed by atoms with Crippen LogP contribution >= 0.6 is 23.4 Å². The third-order valence-electron chi connectivity index (χ3n) is 5.41. The molecule has 0 aliphatic carbocycles. The second kappa shape index (κ2) is 14.2. The molecule has 1 aromatic heterocycles. The van der Waals surface area contributed by atoms with Gasteiger partial charge in [0.1, 0.15) is 5.69 Å². The molecule has 3 aromatic rings. The van der Waals surface area contributed by atoms with Gasteiger partial charge in [-0.3, -0.25) is 14.6 Å². The number of alkyl halides is 3. The first-order valence-corrected chi connectivity index (χ1v) is 13.1. The van der Waals surface area contributed by atoms with Crippen LogP contribution in [0.1, 0.15) is 29.9 Å². The molecule has 1 heterocycles. The quantitative estimate of drug-likeness (QED) is 0.175. The van der Waals surface area contributed by atoms with Crippen LogP contribution < -0.4 is 16.1 Å². The molecule has 8 nitrogen and oxygen atoms in total. The van der Waals surface area contributed by atoms with Gasteiger partial charge in [0.25, 0.3) is 5.91 Å². The number of rotatable bonds is 11. The van der Waals surface area contributed by atoms with Crippen molar-refractivity contribution in [2.45, 2.75) is 29.8 Å². The third kappa shape index (κ3) is 9.43. The van der Waals surface area contributed by atoms with Crippen LogP contribution in [-0.4, -0.2) is 48.1 Å². The topological polar surface area (TPSA) is 95.6 Å². The molecule has 0 spiro atoms. The molecule has 0 aliphatic rings. The van der Waals surface area contributed by atoms with E-state index in [-0.39, 0.29) is 11.4 Å². The van der Waals surface area contributed by atoms with E-state index >= 15 is 0 Å². The van der Waals surface area contributed by atoms with Gasteiger partial charge in [0.05, 0.1) is 17.2 Å². The molecular formula is C26H27ClF3N5O3S. The van der Waals surface area contributed by atoms with Crippen molar-refractivity contribution in [3.8, 4) is 0 Å². The number of nitrogens with zero attached hydrogens (tertiary/aromatic N) is 2. The maximum absolute atomic E-state index is 13.0. The van der Waals surface area contributed by atoms with Gasteiger partial charge in [0.2, 0.25) is 0 Å². The standard InChI is InChI=1S/C26H27ClF3N5O3S/c1-3-35(4-2)13-14-38-34-24(36)23-16-20(11-12-31-23)39-19-8-5-17(6-9-19)32-25(37)33-18-7-10-22(27)21(15-18)26(28,29)30/h5-12,15-16H,3-4,13-14H2,1-2H3,(H,34,36)(H2,32,33,37). The second-order valence-electron chi connectivity index (χ2n) is 8.08. The molecule has 208 valence electrons. The van der Waals surface area contributed by atoms with Gasteiger partial charge >= 0.3 is 12.2 Å². The van der Waals surface area contributed by atoms with E-state index in [0.717, 1.165) is 35.0 Å². The Labute approximate surface area is 233 Å². The van der Waals surface area contributed by atoms with Crippen molar-refractivity contribution in [1.82, 2.24) is 15.4 Å². The summed E-state index contributed by atoms with van der Waals surface area (Å²) in [6.07, 6.45) is -3.12. The van der Waals surface area contributed by atoms with Gasteiger partial charge in [0.15, 0.2) is 0 Å². The number of pyridine rings is 1. The number of nitrogens with one attached hydrogen (secondary N) is 3. The summed E-state index contributed by atoms with van der Waals surface area (Å²) in [5.41, 5.74) is 1.94. The molecule has 0 saturated carbocycles. The van der Waals surface area contributed by atoms with Crippen molar-refractivity contribution in [3.63, 3.8) is 0 Å². The highest BCUT2D eigenvalue weighted by molar-refractivity contribution is 7.99. The lowest BCUT2D eigenvalue weighted by molar-refractivity contribution is -0.137. The van der Waals surface area contributed by atoms with Gasteiger partial charge in [-0.05, 0) is 67.7 Å². The van der Waals surface area contributed by atoms with Gasteiger partial charge in [-0.25, -0.2) is 10.3 Å². The van der Waals surface area contributed by atoms with Crippen LogP contribution in [0, 0.1) is 0 Å². The first-order chi connectivity index (χ1) is 18.6. The minimum absolute atomic E-state index is 0.0526. The summed E-state index contributed by atoms with van der Waals surface area (Å²) in [5, 5.41) is 4.47. The second-order valence-corrected chi connectivity index (χ2v) is 9.64. The Hall–Kier alpha value is -3.32. The first-order valence-electron chi connectivity index (χ1n) is 11.9. The van der Waals surface area contributed by atoms with E-state index in [1.165, 1.54) is 24.0 Å². The Balaban J connectivity index is 1.53. The SMILES string of the molecule is CCN(CC)CCONC(=O)c1cc(Sc2ccc(NC(=O)Nc3ccc(Cl)c(C(F)(F)F)c3)cc2)ccn1. The lowest BCUT2D eigenvalue weighted by Gasteiger charge is -2.17. The molecule has 0 atom stereocenters. The smallest absolute Gasteiger partial charge is 0.308 e. The highest BCUT2D eigenvalue weighted by atomic mass is 35.5. The van der Waals surface area contributed by atoms with Crippen molar-refractivity contribution >= 4 is 46.7 Å². The number of aromatic nitrogens is 1. The van der Waals surface area contributed by atoms with Gasteiger partial charge in [0, 0.05) is 33.9 Å². The Morgan fingerprint density at radius 1 is 0.974 bits per heavy atom. The maximum Gasteiger partial charge on any atom is 0.417 e. The Morgan fingerprint density at radius 3 is 2.31 bits per heavy atom. The highest BCUT2D eigenvalue weighted by Crippen LogP contribution is 2.36. The predicted molar refractivity (Wildman–Crippen MR) is 145 cm³/mol. The summed E-state index contributed by atoms with van der Waals surface area (Å²) >= 11 is 6.99. The number of benzene rings is 2. The van der Waals surface area contributed by atoms with Crippen molar-refractivity contribution in [3.05, 3.63) is 77.1 Å². The lowest BCUT2D eigenvalue weighted by atomic mass is 10.2. The zero-order valence-electron chi connectivity index (χ0n) is 21.1. The van der Waals surface area contributed by atoms with E-state index in [9.17, 15) is 22.8 Å². The Kier molecular flexibility index (Phi) is 11.0. The van der Waals surface area contributed by atoms with Crippen molar-refractivity contribution < 1.29 is 27.6 Å². The fraction of sp³-hybridized carbons (Fsp3) is 0.269. The van der Waals surface area contributed by atoms with Crippen LogP contribution in [0.3, 0.4) is 0 Å². The van der Waals surface area contributed by atoms with E-state index in [1.54, 1.807) is 36.4 Å². The molecular weight excluding hydrogens is 555 g/mol. The predicted octanol–water partition coefficient (Wildman–Crippen LogP) is 6.55. The largest absolute Gasteiger partial charge is 0.417 e. The lowest BCUT2D eigenvalue weighted by Crippen LogP contribution is -2.31. The van der Waals surface area contributed by atoms with Gasteiger partial charge in [-0.1, -0.05) is 37.2 Å². The number of halogens is 4. The molecule has 0 aliphatic heterocycles. The summed E-state index contributed by atoms with van der Waals surface area (Å²) < 4.78 is 39.1. The number of hydroxylamine groups is 1. The van der Waals surface area contributed by atoms with Gasteiger partial charge in [-0.15, -0.1) is 0 Å². The third-order valence-corrected chi connectivity index (χ3v) is 6.74. The number of amides is 3. The summed E-state index contributed by atoms with van der Waals surface area (Å²) in [6, 6.07) is 12.6. The Morgan fingerprint density at radius 2 is 1.64 bits per heavy atom. The highest BCUT2D eigenvalue weighted by Gasteiger charge is 2.33. The number of hydrogen-bond acceptors (Lipinski definition) is 6. The van der Waals surface area contributed by atoms with E-state index in [0.29, 0.717) is 18.8 Å². The number of likely N-dealkylation sites (N-methyl/N-ethyl adjacent to an activating group) is 1. The molecule has 3 N–H and O–H groups in total. The molecule has 13 heteroatoms. The normalized spacial score (nSPS) is 11.4. The van der Waals surface area contributed by atoms with Crippen molar-refractivity contribution in [2.24, 2.45) is 0 Å². The summed E-state index contributed by atoms with van der Waals surface area (Å²) in [7, 11) is 0. The molecule has 3 amide bonds. The number of urea groups is 1. The zero-order valence-corrected chi connectivity index (χ0v) is 22.7. The summed E-state index contributed by atoms with van der Waals surface area (Å²) in [5.74, 6) is -0.453. The van der Waals surface area contributed by atoms with Crippen LogP contribution in [0.4, 0.5) is 29.3 Å². The van der Waals surface area contributed by atoms with E-state index in [2.05, 4.69) is 39.8 Å². The first kappa shape index (κ1) is 30.2. The molecule has 0 fully saturated rings. The van der Waals surface area contributed by atoms with Crippen LogP contribution in [0.5, 0.6) is 0 Å². The van der Waals surface area contributed by atoms with E-state index < -0.39 is 28.7 Å². The fourth-order valence-corrected chi connectivity index (χ4v) is 4.41. The number of hydrogen-bond donors (Lipinski definition) is 3. The number of anilines is 2. The van der Waals surface area contributed by atoms with Gasteiger partial charge in [-0.2, -0.15) is 13.2 Å². The van der Waals surface area contributed by atoms with Crippen LogP contribution in [0.2, 0.25) is 5.02 Å². The minimum Gasteiger partial charge on any atom is -0.308 e. The molecule has 0 radical (unpaired) electrons. The minimum atomic E-state index is -4.64. The molecule has 39 heavy (non-hydrogen) atoms. The van der Waals surface area contributed by atoms with Crippen molar-refractivity contribution in [2.75, 3.05) is 36.9 Å². The van der Waals surface area contributed by atoms with Crippen molar-refractivity contribution in [1.29, 1.82) is 0 Å². The monoisotopic (exact) mass is 581 g/mol. The number of carbonyl (C=O) groups excluding carboxylic acids is 2. The number of carbonyl (C=O) groups is 2. The van der Waals surface area contributed by atoms with Crippen LogP contribution in [0.15, 0.2) is 70.6 Å². The molecule has 0 unspecified atom stereocenters. The average Bonchev–Trinajstić information content (AvgIpc) is 2.90. The molecule has 0 bridgehead atoms. The summed E-state index contributed by atoms with van der Waals surface area (Å²) in [6.45, 7) is 6.95. The Bertz CT molecular complexity index is 1270. The molecule has 3 rings (SSSR count). The van der Waals surface area contributed by atoms with Crippen LogP contribution in [0.25, 0.3) is 0 Å².